The van der Waals surface area contributed by atoms with Crippen molar-refractivity contribution < 1.29 is 14.3 Å². The lowest BCUT2D eigenvalue weighted by Gasteiger charge is -2.25. The molecule has 26 heavy (non-hydrogen) atoms. The Balaban J connectivity index is 2.10. The lowest BCUT2D eigenvalue weighted by atomic mass is 10.0. The molecule has 2 rings (SSSR count). The summed E-state index contributed by atoms with van der Waals surface area (Å²) in [6, 6.07) is 3.71. The van der Waals surface area contributed by atoms with Gasteiger partial charge in [0.15, 0.2) is 0 Å². The van der Waals surface area contributed by atoms with Crippen molar-refractivity contribution in [2.24, 2.45) is 5.92 Å². The molecule has 1 heterocycles. The van der Waals surface area contributed by atoms with Crippen molar-refractivity contribution in [2.45, 2.75) is 47.0 Å². The zero-order valence-electron chi connectivity index (χ0n) is 16.8. The summed E-state index contributed by atoms with van der Waals surface area (Å²) in [6.07, 6.45) is 2.57. The number of rotatable bonds is 5. The molecule has 1 aromatic carbocycles. The highest BCUT2D eigenvalue weighted by Gasteiger charge is 2.26. The summed E-state index contributed by atoms with van der Waals surface area (Å²) >= 11 is 0. The van der Waals surface area contributed by atoms with E-state index in [1.807, 2.05) is 35.8 Å². The number of nitrogens with zero attached hydrogens (tertiary/aromatic N) is 2. The topological polar surface area (TPSA) is 49.9 Å². The number of carbonyl (C=O) groups is 2. The number of amides is 2. The zero-order valence-corrected chi connectivity index (χ0v) is 16.8. The molecule has 0 aliphatic carbocycles. The minimum Gasteiger partial charge on any atom is -0.496 e. The Bertz CT molecular complexity index is 653. The maximum absolute atomic E-state index is 13.0. The van der Waals surface area contributed by atoms with Crippen molar-refractivity contribution in [2.75, 3.05) is 33.3 Å². The third kappa shape index (κ3) is 4.19. The number of ether oxygens (including phenoxy) is 1. The molecule has 1 aliphatic heterocycles. The molecule has 0 saturated carbocycles. The molecule has 0 bridgehead atoms. The van der Waals surface area contributed by atoms with Gasteiger partial charge in [0.2, 0.25) is 5.91 Å². The Kier molecular flexibility index (Phi) is 7.06. The van der Waals surface area contributed by atoms with Crippen LogP contribution >= 0.6 is 0 Å². The molecule has 1 fully saturated rings. The van der Waals surface area contributed by atoms with E-state index < -0.39 is 0 Å². The van der Waals surface area contributed by atoms with Crippen LogP contribution in [-0.4, -0.2) is 54.9 Å². The molecule has 0 N–H and O–H groups in total. The molecular formula is C21H32N2O3. The average Bonchev–Trinajstić information content (AvgIpc) is 2.90. The van der Waals surface area contributed by atoms with Gasteiger partial charge in [-0.05, 0) is 56.4 Å². The van der Waals surface area contributed by atoms with Crippen molar-refractivity contribution in [3.05, 3.63) is 28.8 Å². The molecule has 0 atom stereocenters. The number of methoxy groups -OCH3 is 1. The van der Waals surface area contributed by atoms with Gasteiger partial charge in [-0.25, -0.2) is 0 Å². The first-order valence-electron chi connectivity index (χ1n) is 9.66. The Morgan fingerprint density at radius 1 is 1.00 bits per heavy atom. The van der Waals surface area contributed by atoms with Gasteiger partial charge in [0.25, 0.3) is 5.91 Å². The summed E-state index contributed by atoms with van der Waals surface area (Å²) in [4.78, 5) is 29.5. The summed E-state index contributed by atoms with van der Waals surface area (Å²) in [5.74, 6) is 1.19. The van der Waals surface area contributed by atoms with Crippen molar-refractivity contribution >= 4 is 11.8 Å². The molecule has 1 saturated heterocycles. The van der Waals surface area contributed by atoms with Crippen LogP contribution in [0.4, 0.5) is 0 Å². The number of benzene rings is 1. The first-order chi connectivity index (χ1) is 12.4. The molecule has 0 unspecified atom stereocenters. The minimum absolute atomic E-state index is 0.0464. The van der Waals surface area contributed by atoms with E-state index in [4.69, 9.17) is 4.74 Å². The lowest BCUT2D eigenvalue weighted by molar-refractivity contribution is -0.135. The number of hydrogen-bond donors (Lipinski definition) is 0. The van der Waals surface area contributed by atoms with Crippen LogP contribution in [0.5, 0.6) is 5.75 Å². The highest BCUT2D eigenvalue weighted by molar-refractivity contribution is 5.96. The molecule has 0 aromatic heterocycles. The van der Waals surface area contributed by atoms with Crippen molar-refractivity contribution in [1.82, 2.24) is 9.80 Å². The molecule has 5 heteroatoms. The molecule has 1 aliphatic rings. The maximum Gasteiger partial charge on any atom is 0.254 e. The number of carbonyl (C=O) groups excluding carboxylic acids is 2. The Labute approximate surface area is 157 Å². The smallest absolute Gasteiger partial charge is 0.254 e. The van der Waals surface area contributed by atoms with E-state index >= 15 is 0 Å². The van der Waals surface area contributed by atoms with Crippen LogP contribution in [0.2, 0.25) is 0 Å². The predicted molar refractivity (Wildman–Crippen MR) is 104 cm³/mol. The van der Waals surface area contributed by atoms with Gasteiger partial charge in [-0.3, -0.25) is 9.59 Å². The largest absolute Gasteiger partial charge is 0.496 e. The molecule has 0 radical (unpaired) electrons. The highest BCUT2D eigenvalue weighted by atomic mass is 16.5. The second kappa shape index (κ2) is 9.06. The summed E-state index contributed by atoms with van der Waals surface area (Å²) in [6.45, 7) is 10.7. The van der Waals surface area contributed by atoms with Gasteiger partial charge in [-0.1, -0.05) is 13.8 Å². The molecule has 2 amide bonds. The van der Waals surface area contributed by atoms with Gasteiger partial charge in [0.1, 0.15) is 5.75 Å². The fourth-order valence-electron chi connectivity index (χ4n) is 3.66. The van der Waals surface area contributed by atoms with E-state index in [1.165, 1.54) is 0 Å². The molecular weight excluding hydrogens is 328 g/mol. The normalized spacial score (nSPS) is 15.2. The summed E-state index contributed by atoms with van der Waals surface area (Å²) in [5, 5.41) is 0. The monoisotopic (exact) mass is 360 g/mol. The zero-order chi connectivity index (χ0) is 19.3. The highest BCUT2D eigenvalue weighted by Crippen LogP contribution is 2.25. The van der Waals surface area contributed by atoms with Crippen LogP contribution < -0.4 is 4.74 Å². The third-order valence-corrected chi connectivity index (χ3v) is 5.62. The Morgan fingerprint density at radius 2 is 1.62 bits per heavy atom. The standard InChI is InChI=1S/C21H32N2O3/c1-6-17(7-2)20(24)22-11-8-12-23(14-13-22)21(25)18-9-10-19(26-5)16(4)15(18)3/h9-10,17H,6-8,11-14H2,1-5H3. The maximum atomic E-state index is 13.0. The van der Waals surface area contributed by atoms with Crippen molar-refractivity contribution in [3.63, 3.8) is 0 Å². The minimum atomic E-state index is 0.0464. The van der Waals surface area contributed by atoms with E-state index in [9.17, 15) is 9.59 Å². The SMILES string of the molecule is CCC(CC)C(=O)N1CCCN(C(=O)c2ccc(OC)c(C)c2C)CC1. The van der Waals surface area contributed by atoms with E-state index in [2.05, 4.69) is 13.8 Å². The van der Waals surface area contributed by atoms with Crippen molar-refractivity contribution in [3.8, 4) is 5.75 Å². The molecule has 0 spiro atoms. The number of hydrogen-bond acceptors (Lipinski definition) is 3. The second-order valence-corrected chi connectivity index (χ2v) is 7.05. The molecule has 1 aromatic rings. The summed E-state index contributed by atoms with van der Waals surface area (Å²) in [5.41, 5.74) is 2.69. The molecule has 144 valence electrons. The van der Waals surface area contributed by atoms with Gasteiger partial charge in [0, 0.05) is 37.7 Å². The van der Waals surface area contributed by atoms with Crippen LogP contribution in [0.15, 0.2) is 12.1 Å². The quantitative estimate of drug-likeness (QED) is 0.808. The van der Waals surface area contributed by atoms with Crippen LogP contribution in [0.3, 0.4) is 0 Å². The predicted octanol–water partition coefficient (Wildman–Crippen LogP) is 3.42. The van der Waals surface area contributed by atoms with Crippen LogP contribution in [0.25, 0.3) is 0 Å². The fraction of sp³-hybridized carbons (Fsp3) is 0.619. The second-order valence-electron chi connectivity index (χ2n) is 7.05. The van der Waals surface area contributed by atoms with Gasteiger partial charge in [-0.2, -0.15) is 0 Å². The fourth-order valence-corrected chi connectivity index (χ4v) is 3.66. The Hall–Kier alpha value is -2.04. The van der Waals surface area contributed by atoms with E-state index in [1.54, 1.807) is 7.11 Å². The van der Waals surface area contributed by atoms with Crippen molar-refractivity contribution in [1.29, 1.82) is 0 Å². The van der Waals surface area contributed by atoms with Gasteiger partial charge in [-0.15, -0.1) is 0 Å². The van der Waals surface area contributed by atoms with E-state index in [-0.39, 0.29) is 17.7 Å². The molecule has 5 nitrogen and oxygen atoms in total. The summed E-state index contributed by atoms with van der Waals surface area (Å²) < 4.78 is 5.34. The van der Waals surface area contributed by atoms with Gasteiger partial charge < -0.3 is 14.5 Å². The third-order valence-electron chi connectivity index (χ3n) is 5.62. The van der Waals surface area contributed by atoms with E-state index in [0.29, 0.717) is 19.6 Å². The average molecular weight is 360 g/mol. The van der Waals surface area contributed by atoms with Crippen LogP contribution in [0.1, 0.15) is 54.6 Å². The lowest BCUT2D eigenvalue weighted by Crippen LogP contribution is -2.40. The van der Waals surface area contributed by atoms with Crippen LogP contribution in [-0.2, 0) is 4.79 Å². The van der Waals surface area contributed by atoms with Gasteiger partial charge >= 0.3 is 0 Å². The first-order valence-corrected chi connectivity index (χ1v) is 9.66. The van der Waals surface area contributed by atoms with Gasteiger partial charge in [0.05, 0.1) is 7.11 Å². The Morgan fingerprint density at radius 3 is 2.23 bits per heavy atom. The van der Waals surface area contributed by atoms with E-state index in [0.717, 1.165) is 48.2 Å². The first kappa shape index (κ1) is 20.3. The van der Waals surface area contributed by atoms with Crippen LogP contribution in [0, 0.1) is 19.8 Å². The summed E-state index contributed by atoms with van der Waals surface area (Å²) in [7, 11) is 1.64.